The zero-order valence-electron chi connectivity index (χ0n) is 9.97. The van der Waals surface area contributed by atoms with E-state index < -0.39 is 0 Å². The number of hydrogen-bond acceptors (Lipinski definition) is 3. The number of aromatic hydroxyl groups is 1. The number of benzene rings is 1. The molecule has 0 aliphatic heterocycles. The SMILES string of the molecule is CCc1c(O)c(C)c(SC)c(C)c1SC. The van der Waals surface area contributed by atoms with Crippen LogP contribution in [0.2, 0.25) is 0 Å². The lowest BCUT2D eigenvalue weighted by atomic mass is 10.0. The molecule has 1 N–H and O–H groups in total. The summed E-state index contributed by atoms with van der Waals surface area (Å²) in [6.07, 6.45) is 5.02. The standard InChI is InChI=1S/C12H18OS2/c1-6-9-10(13)7(2)11(14-4)8(3)12(9)15-5/h13H,6H2,1-5H3. The summed E-state index contributed by atoms with van der Waals surface area (Å²) in [5, 5.41) is 10.1. The molecule has 0 unspecified atom stereocenters. The summed E-state index contributed by atoms with van der Waals surface area (Å²) in [5.74, 6) is 0.483. The van der Waals surface area contributed by atoms with Gasteiger partial charge in [-0.2, -0.15) is 0 Å². The molecule has 0 saturated heterocycles. The van der Waals surface area contributed by atoms with Gasteiger partial charge in [-0.25, -0.2) is 0 Å². The second-order valence-electron chi connectivity index (χ2n) is 3.50. The molecule has 0 fully saturated rings. The fourth-order valence-electron chi connectivity index (χ4n) is 1.96. The van der Waals surface area contributed by atoms with Crippen LogP contribution in [0.15, 0.2) is 9.79 Å². The first kappa shape index (κ1) is 12.8. The molecule has 3 heteroatoms. The molecule has 0 aliphatic carbocycles. The number of rotatable bonds is 3. The Morgan fingerprint density at radius 1 is 1.00 bits per heavy atom. The summed E-state index contributed by atoms with van der Waals surface area (Å²) in [6.45, 7) is 6.23. The van der Waals surface area contributed by atoms with E-state index in [1.54, 1.807) is 23.5 Å². The minimum atomic E-state index is 0.483. The van der Waals surface area contributed by atoms with Gasteiger partial charge in [0.25, 0.3) is 0 Å². The van der Waals surface area contributed by atoms with Gasteiger partial charge in [0.2, 0.25) is 0 Å². The van der Waals surface area contributed by atoms with E-state index in [0.717, 1.165) is 17.5 Å². The van der Waals surface area contributed by atoms with Crippen LogP contribution < -0.4 is 0 Å². The lowest BCUT2D eigenvalue weighted by molar-refractivity contribution is 0.459. The highest BCUT2D eigenvalue weighted by Gasteiger charge is 2.16. The maximum Gasteiger partial charge on any atom is 0.123 e. The predicted molar refractivity (Wildman–Crippen MR) is 70.5 cm³/mol. The van der Waals surface area contributed by atoms with Crippen LogP contribution in [0.3, 0.4) is 0 Å². The molecule has 0 radical (unpaired) electrons. The van der Waals surface area contributed by atoms with Crippen molar-refractivity contribution < 1.29 is 5.11 Å². The quantitative estimate of drug-likeness (QED) is 0.809. The van der Waals surface area contributed by atoms with Gasteiger partial charge in [0.15, 0.2) is 0 Å². The van der Waals surface area contributed by atoms with Gasteiger partial charge in [-0.3, -0.25) is 0 Å². The highest BCUT2D eigenvalue weighted by molar-refractivity contribution is 7.99. The highest BCUT2D eigenvalue weighted by Crippen LogP contribution is 2.41. The molecule has 0 heterocycles. The van der Waals surface area contributed by atoms with Gasteiger partial charge in [0, 0.05) is 20.9 Å². The lowest BCUT2D eigenvalue weighted by Gasteiger charge is -2.17. The van der Waals surface area contributed by atoms with E-state index in [4.69, 9.17) is 0 Å². The second-order valence-corrected chi connectivity index (χ2v) is 5.13. The van der Waals surface area contributed by atoms with Crippen molar-refractivity contribution in [3.8, 4) is 5.75 Å². The summed E-state index contributed by atoms with van der Waals surface area (Å²) in [7, 11) is 0. The van der Waals surface area contributed by atoms with Crippen LogP contribution in [0, 0.1) is 13.8 Å². The zero-order chi connectivity index (χ0) is 11.6. The van der Waals surface area contributed by atoms with Gasteiger partial charge in [0.1, 0.15) is 5.75 Å². The number of thioether (sulfide) groups is 2. The monoisotopic (exact) mass is 242 g/mol. The average molecular weight is 242 g/mol. The van der Waals surface area contributed by atoms with E-state index in [-0.39, 0.29) is 0 Å². The van der Waals surface area contributed by atoms with E-state index >= 15 is 0 Å². The first-order chi connectivity index (χ1) is 7.08. The summed E-state index contributed by atoms with van der Waals surface area (Å²) in [6, 6.07) is 0. The summed E-state index contributed by atoms with van der Waals surface area (Å²) < 4.78 is 0. The molecule has 1 aromatic carbocycles. The predicted octanol–water partition coefficient (Wildman–Crippen LogP) is 4.02. The Morgan fingerprint density at radius 3 is 1.93 bits per heavy atom. The van der Waals surface area contributed by atoms with Crippen molar-refractivity contribution in [1.82, 2.24) is 0 Å². The third-order valence-electron chi connectivity index (χ3n) is 2.70. The van der Waals surface area contributed by atoms with Crippen LogP contribution >= 0.6 is 23.5 Å². The third kappa shape index (κ3) is 2.13. The largest absolute Gasteiger partial charge is 0.507 e. The minimum absolute atomic E-state index is 0.483. The van der Waals surface area contributed by atoms with E-state index in [2.05, 4.69) is 26.4 Å². The Balaban J connectivity index is 3.57. The molecule has 1 nitrogen and oxygen atoms in total. The molecule has 0 saturated carbocycles. The van der Waals surface area contributed by atoms with Gasteiger partial charge in [-0.1, -0.05) is 6.92 Å². The first-order valence-electron chi connectivity index (χ1n) is 5.01. The van der Waals surface area contributed by atoms with E-state index in [0.29, 0.717) is 5.75 Å². The van der Waals surface area contributed by atoms with Crippen molar-refractivity contribution in [3.63, 3.8) is 0 Å². The smallest absolute Gasteiger partial charge is 0.123 e. The van der Waals surface area contributed by atoms with E-state index in [9.17, 15) is 5.11 Å². The maximum atomic E-state index is 10.1. The lowest BCUT2D eigenvalue weighted by Crippen LogP contribution is -1.96. The molecule has 1 aromatic rings. The Labute approximate surface area is 101 Å². The number of phenolic OH excluding ortho intramolecular Hbond substituents is 1. The maximum absolute atomic E-state index is 10.1. The number of phenols is 1. The van der Waals surface area contributed by atoms with Crippen LogP contribution in [-0.4, -0.2) is 17.6 Å². The van der Waals surface area contributed by atoms with Gasteiger partial charge in [-0.15, -0.1) is 23.5 Å². The van der Waals surface area contributed by atoms with Crippen LogP contribution in [-0.2, 0) is 6.42 Å². The molecule has 0 aliphatic rings. The van der Waals surface area contributed by atoms with Crippen molar-refractivity contribution in [3.05, 3.63) is 16.7 Å². The molecule has 0 bridgehead atoms. The van der Waals surface area contributed by atoms with Crippen LogP contribution in [0.25, 0.3) is 0 Å². The third-order valence-corrected chi connectivity index (χ3v) is 4.68. The van der Waals surface area contributed by atoms with Crippen molar-refractivity contribution in [2.24, 2.45) is 0 Å². The molecular weight excluding hydrogens is 224 g/mol. The zero-order valence-corrected chi connectivity index (χ0v) is 11.6. The fraction of sp³-hybridized carbons (Fsp3) is 0.500. The van der Waals surface area contributed by atoms with Crippen molar-refractivity contribution in [2.45, 2.75) is 37.0 Å². The second kappa shape index (κ2) is 5.17. The normalized spacial score (nSPS) is 10.7. The summed E-state index contributed by atoms with van der Waals surface area (Å²) in [4.78, 5) is 2.46. The topological polar surface area (TPSA) is 20.2 Å². The van der Waals surface area contributed by atoms with Crippen LogP contribution in [0.4, 0.5) is 0 Å². The Kier molecular flexibility index (Phi) is 4.41. The van der Waals surface area contributed by atoms with Crippen molar-refractivity contribution >= 4 is 23.5 Å². The van der Waals surface area contributed by atoms with Crippen LogP contribution in [0.5, 0.6) is 5.75 Å². The van der Waals surface area contributed by atoms with Crippen LogP contribution in [0.1, 0.15) is 23.6 Å². The van der Waals surface area contributed by atoms with E-state index in [1.807, 2.05) is 6.92 Å². The fourth-order valence-corrected chi connectivity index (χ4v) is 3.73. The molecule has 84 valence electrons. The molecule has 0 amide bonds. The summed E-state index contributed by atoms with van der Waals surface area (Å²) >= 11 is 3.44. The van der Waals surface area contributed by atoms with Gasteiger partial charge in [0.05, 0.1) is 0 Å². The highest BCUT2D eigenvalue weighted by atomic mass is 32.2. The molecular formula is C12H18OS2. The molecule has 15 heavy (non-hydrogen) atoms. The van der Waals surface area contributed by atoms with Gasteiger partial charge in [-0.05, 0) is 38.3 Å². The van der Waals surface area contributed by atoms with Gasteiger partial charge >= 0.3 is 0 Å². The first-order valence-corrected chi connectivity index (χ1v) is 7.46. The van der Waals surface area contributed by atoms with Crippen molar-refractivity contribution in [1.29, 1.82) is 0 Å². The Hall–Kier alpha value is -0.280. The molecule has 0 atom stereocenters. The minimum Gasteiger partial charge on any atom is -0.507 e. The summed E-state index contributed by atoms with van der Waals surface area (Å²) in [5.41, 5.74) is 3.42. The molecule has 1 rings (SSSR count). The number of hydrogen-bond donors (Lipinski definition) is 1. The Bertz CT molecular complexity index is 373. The van der Waals surface area contributed by atoms with E-state index in [1.165, 1.54) is 15.4 Å². The Morgan fingerprint density at radius 2 is 1.53 bits per heavy atom. The van der Waals surface area contributed by atoms with Crippen molar-refractivity contribution in [2.75, 3.05) is 12.5 Å². The van der Waals surface area contributed by atoms with Gasteiger partial charge < -0.3 is 5.11 Å². The average Bonchev–Trinajstić information content (AvgIpc) is 2.23. The molecule has 0 aromatic heterocycles. The molecule has 0 spiro atoms.